The van der Waals surface area contributed by atoms with E-state index in [9.17, 15) is 18.4 Å². The van der Waals surface area contributed by atoms with Crippen molar-refractivity contribution in [2.75, 3.05) is 30.8 Å². The van der Waals surface area contributed by atoms with Gasteiger partial charge in [-0.1, -0.05) is 11.3 Å². The minimum Gasteiger partial charge on any atom is -0.497 e. The van der Waals surface area contributed by atoms with Crippen LogP contribution in [0.4, 0.5) is 25.0 Å². The van der Waals surface area contributed by atoms with Gasteiger partial charge in [0.1, 0.15) is 22.4 Å². The van der Waals surface area contributed by atoms with E-state index in [0.29, 0.717) is 37.4 Å². The van der Waals surface area contributed by atoms with Gasteiger partial charge in [0.2, 0.25) is 5.01 Å². The number of hydrogen-bond donors (Lipinski definition) is 2. The molecule has 1 fully saturated rings. The molecule has 1 saturated heterocycles. The molecule has 0 unspecified atom stereocenters. The molecule has 4 rings (SSSR count). The Labute approximate surface area is 192 Å². The molecular formula is C22H21F2N5O3S. The first-order chi connectivity index (χ1) is 15.9. The quantitative estimate of drug-likeness (QED) is 0.569. The molecule has 33 heavy (non-hydrogen) atoms. The van der Waals surface area contributed by atoms with Gasteiger partial charge in [-0.3, -0.25) is 4.79 Å². The van der Waals surface area contributed by atoms with E-state index in [-0.39, 0.29) is 22.5 Å². The highest BCUT2D eigenvalue weighted by molar-refractivity contribution is 7.13. The van der Waals surface area contributed by atoms with Crippen molar-refractivity contribution in [1.29, 1.82) is 0 Å². The molecule has 1 aromatic heterocycles. The number of methoxy groups -OCH3 is 1. The number of hydrogen-bond acceptors (Lipinski definition) is 6. The molecule has 3 aromatic rings. The summed E-state index contributed by atoms with van der Waals surface area (Å²) in [7, 11) is 1.57. The van der Waals surface area contributed by atoms with Crippen LogP contribution >= 0.6 is 11.3 Å². The number of aromatic nitrogens is 2. The van der Waals surface area contributed by atoms with Crippen LogP contribution in [0.15, 0.2) is 42.5 Å². The lowest BCUT2D eigenvalue weighted by molar-refractivity contribution is 0.102. The topological polar surface area (TPSA) is 96.4 Å². The molecule has 0 radical (unpaired) electrons. The summed E-state index contributed by atoms with van der Waals surface area (Å²) in [5.41, 5.74) is 0.422. The van der Waals surface area contributed by atoms with E-state index in [4.69, 9.17) is 4.74 Å². The van der Waals surface area contributed by atoms with Crippen molar-refractivity contribution < 1.29 is 23.1 Å². The molecule has 1 aliphatic heterocycles. The Morgan fingerprint density at radius 3 is 2.48 bits per heavy atom. The third-order valence-corrected chi connectivity index (χ3v) is 6.37. The van der Waals surface area contributed by atoms with Gasteiger partial charge in [0.25, 0.3) is 5.91 Å². The smallest absolute Gasteiger partial charge is 0.321 e. The fraction of sp³-hybridized carbons (Fsp3) is 0.273. The highest BCUT2D eigenvalue weighted by atomic mass is 32.1. The molecule has 2 aromatic carbocycles. The number of benzene rings is 2. The summed E-state index contributed by atoms with van der Waals surface area (Å²) in [6.07, 6.45) is 1.24. The number of nitrogens with zero attached hydrogens (tertiary/aromatic N) is 3. The number of carbonyl (C=O) groups excluding carboxylic acids is 2. The zero-order valence-electron chi connectivity index (χ0n) is 17.7. The lowest BCUT2D eigenvalue weighted by Crippen LogP contribution is -2.40. The first-order valence-electron chi connectivity index (χ1n) is 10.2. The van der Waals surface area contributed by atoms with Crippen LogP contribution in [0.3, 0.4) is 0 Å². The monoisotopic (exact) mass is 473 g/mol. The lowest BCUT2D eigenvalue weighted by Gasteiger charge is -2.31. The van der Waals surface area contributed by atoms with Crippen LogP contribution in [-0.4, -0.2) is 47.2 Å². The molecular weight excluding hydrogens is 452 g/mol. The predicted octanol–water partition coefficient (Wildman–Crippen LogP) is 4.49. The van der Waals surface area contributed by atoms with Crippen LogP contribution in [0.1, 0.15) is 33.6 Å². The van der Waals surface area contributed by atoms with E-state index in [1.807, 2.05) is 0 Å². The minimum absolute atomic E-state index is 0.0555. The van der Waals surface area contributed by atoms with Crippen LogP contribution in [0.5, 0.6) is 5.75 Å². The van der Waals surface area contributed by atoms with Gasteiger partial charge in [-0.2, -0.15) is 0 Å². The number of halogens is 2. The summed E-state index contributed by atoms with van der Waals surface area (Å²) in [5.74, 6) is -0.937. The average molecular weight is 474 g/mol. The molecule has 0 saturated carbocycles. The summed E-state index contributed by atoms with van der Waals surface area (Å²) in [6, 6.07) is 9.36. The van der Waals surface area contributed by atoms with Crippen molar-refractivity contribution in [3.8, 4) is 5.75 Å². The van der Waals surface area contributed by atoms with Gasteiger partial charge in [0.15, 0.2) is 0 Å². The van der Waals surface area contributed by atoms with E-state index < -0.39 is 17.7 Å². The van der Waals surface area contributed by atoms with Crippen LogP contribution in [0.2, 0.25) is 0 Å². The number of anilines is 2. The molecule has 0 atom stereocenters. The Morgan fingerprint density at radius 2 is 1.79 bits per heavy atom. The van der Waals surface area contributed by atoms with E-state index in [1.54, 1.807) is 36.3 Å². The van der Waals surface area contributed by atoms with Crippen molar-refractivity contribution in [2.24, 2.45) is 0 Å². The minimum atomic E-state index is -0.700. The van der Waals surface area contributed by atoms with Crippen molar-refractivity contribution in [1.82, 2.24) is 15.1 Å². The number of ether oxygens (including phenoxy) is 1. The highest BCUT2D eigenvalue weighted by Crippen LogP contribution is 2.31. The van der Waals surface area contributed by atoms with Crippen LogP contribution in [0.25, 0.3) is 0 Å². The van der Waals surface area contributed by atoms with Crippen LogP contribution < -0.4 is 15.4 Å². The summed E-state index contributed by atoms with van der Waals surface area (Å²) in [4.78, 5) is 26.4. The van der Waals surface area contributed by atoms with Gasteiger partial charge in [-0.05, 0) is 49.2 Å². The molecule has 8 nitrogen and oxygen atoms in total. The van der Waals surface area contributed by atoms with Gasteiger partial charge >= 0.3 is 6.03 Å². The predicted molar refractivity (Wildman–Crippen MR) is 120 cm³/mol. The van der Waals surface area contributed by atoms with Crippen molar-refractivity contribution in [3.63, 3.8) is 0 Å². The zero-order valence-corrected chi connectivity index (χ0v) is 18.5. The van der Waals surface area contributed by atoms with Crippen LogP contribution in [0, 0.1) is 11.6 Å². The highest BCUT2D eigenvalue weighted by Gasteiger charge is 2.27. The summed E-state index contributed by atoms with van der Waals surface area (Å²) in [6.45, 7) is 0.834. The summed E-state index contributed by atoms with van der Waals surface area (Å²) in [5, 5.41) is 14.3. The van der Waals surface area contributed by atoms with E-state index in [0.717, 1.165) is 23.2 Å². The maximum absolute atomic E-state index is 13.8. The molecule has 2 heterocycles. The molecule has 0 aliphatic carbocycles. The largest absolute Gasteiger partial charge is 0.497 e. The number of likely N-dealkylation sites (tertiary alicyclic amines) is 1. The molecule has 172 valence electrons. The maximum atomic E-state index is 13.8. The Morgan fingerprint density at radius 1 is 1.06 bits per heavy atom. The molecule has 2 N–H and O–H groups in total. The summed E-state index contributed by atoms with van der Waals surface area (Å²) < 4.78 is 32.2. The van der Waals surface area contributed by atoms with Gasteiger partial charge in [0.05, 0.1) is 12.8 Å². The Kier molecular flexibility index (Phi) is 6.78. The molecule has 0 spiro atoms. The Hall–Kier alpha value is -3.60. The van der Waals surface area contributed by atoms with Crippen molar-refractivity contribution in [2.45, 2.75) is 18.8 Å². The first kappa shape index (κ1) is 22.6. The van der Waals surface area contributed by atoms with Gasteiger partial charge < -0.3 is 20.3 Å². The molecule has 3 amide bonds. The molecule has 0 bridgehead atoms. The van der Waals surface area contributed by atoms with E-state index >= 15 is 0 Å². The molecule has 11 heteroatoms. The number of piperidine rings is 1. The van der Waals surface area contributed by atoms with Gasteiger partial charge in [0, 0.05) is 30.8 Å². The second-order valence-corrected chi connectivity index (χ2v) is 8.45. The van der Waals surface area contributed by atoms with E-state index in [1.165, 1.54) is 11.3 Å². The Balaban J connectivity index is 1.31. The second kappa shape index (κ2) is 9.90. The first-order valence-corrected chi connectivity index (χ1v) is 11.0. The normalized spacial score (nSPS) is 14.1. The number of carbonyl (C=O) groups is 2. The lowest BCUT2D eigenvalue weighted by atomic mass is 9.98. The SMILES string of the molecule is COc1ccc(NC(=O)c2nnc(C3CCN(C(=O)Nc4cc(F)ccc4F)CC3)s2)cc1. The van der Waals surface area contributed by atoms with Crippen molar-refractivity contribution >= 4 is 34.6 Å². The fourth-order valence-electron chi connectivity index (χ4n) is 3.47. The van der Waals surface area contributed by atoms with Gasteiger partial charge in [-0.25, -0.2) is 13.6 Å². The van der Waals surface area contributed by atoms with E-state index in [2.05, 4.69) is 20.8 Å². The van der Waals surface area contributed by atoms with Crippen LogP contribution in [-0.2, 0) is 0 Å². The Bertz CT molecular complexity index is 1150. The number of rotatable bonds is 5. The van der Waals surface area contributed by atoms with Gasteiger partial charge in [-0.15, -0.1) is 10.2 Å². The number of amides is 3. The number of nitrogens with one attached hydrogen (secondary N) is 2. The third kappa shape index (κ3) is 5.43. The standard InChI is InChI=1S/C22H21F2N5O3S/c1-32-16-5-3-15(4-6-16)25-19(30)21-28-27-20(33-21)13-8-10-29(11-9-13)22(31)26-18-12-14(23)2-7-17(18)24/h2-7,12-13H,8-11H2,1H3,(H,25,30)(H,26,31). The number of urea groups is 1. The third-order valence-electron chi connectivity index (χ3n) is 5.28. The summed E-state index contributed by atoms with van der Waals surface area (Å²) >= 11 is 1.22. The average Bonchev–Trinajstić information content (AvgIpc) is 3.32. The maximum Gasteiger partial charge on any atom is 0.321 e. The molecule has 1 aliphatic rings. The second-order valence-electron chi connectivity index (χ2n) is 7.44. The van der Waals surface area contributed by atoms with Crippen molar-refractivity contribution in [3.05, 3.63) is 64.1 Å². The zero-order chi connectivity index (χ0) is 23.4. The fourth-order valence-corrected chi connectivity index (χ4v) is 4.37.